The van der Waals surface area contributed by atoms with Gasteiger partial charge in [0.25, 0.3) is 0 Å². The van der Waals surface area contributed by atoms with E-state index in [-0.39, 0.29) is 11.9 Å². The molecule has 0 saturated carbocycles. The number of ether oxygens (including phenoxy) is 1. The number of nitrogens with zero attached hydrogens (tertiary/aromatic N) is 1. The van der Waals surface area contributed by atoms with Crippen LogP contribution in [0.25, 0.3) is 0 Å². The largest absolute Gasteiger partial charge is 0.377 e. The second-order valence-electron chi connectivity index (χ2n) is 6.71. The lowest BCUT2D eigenvalue weighted by molar-refractivity contribution is -0.130. The van der Waals surface area contributed by atoms with Crippen molar-refractivity contribution in [2.75, 3.05) is 19.8 Å². The van der Waals surface area contributed by atoms with Crippen LogP contribution in [0.5, 0.6) is 0 Å². The van der Waals surface area contributed by atoms with Crippen LogP contribution >= 0.6 is 0 Å². The number of benzene rings is 2. The van der Waals surface area contributed by atoms with E-state index in [0.717, 1.165) is 31.4 Å². The van der Waals surface area contributed by atoms with Crippen molar-refractivity contribution in [2.24, 2.45) is 0 Å². The van der Waals surface area contributed by atoms with E-state index >= 15 is 0 Å². The minimum atomic E-state index is 0.101. The summed E-state index contributed by atoms with van der Waals surface area (Å²) in [7, 11) is 0. The van der Waals surface area contributed by atoms with Gasteiger partial charge in [-0.2, -0.15) is 0 Å². The van der Waals surface area contributed by atoms with E-state index in [9.17, 15) is 4.79 Å². The molecular formula is C22H23NO2. The molecule has 0 fully saturated rings. The van der Waals surface area contributed by atoms with Crippen LogP contribution in [0.2, 0.25) is 0 Å². The summed E-state index contributed by atoms with van der Waals surface area (Å²) in [5.74, 6) is 0.179. The molecule has 0 unspecified atom stereocenters. The lowest BCUT2D eigenvalue weighted by Crippen LogP contribution is -2.42. The molecule has 2 heterocycles. The van der Waals surface area contributed by atoms with Crippen molar-refractivity contribution in [3.8, 4) is 0 Å². The van der Waals surface area contributed by atoms with E-state index in [1.807, 2.05) is 12.1 Å². The molecule has 0 N–H and O–H groups in total. The minimum absolute atomic E-state index is 0.101. The van der Waals surface area contributed by atoms with Crippen molar-refractivity contribution >= 4 is 5.91 Å². The Labute approximate surface area is 148 Å². The summed E-state index contributed by atoms with van der Waals surface area (Å²) in [6.45, 7) is 1.98. The molecule has 2 aromatic carbocycles. The zero-order chi connectivity index (χ0) is 17.1. The van der Waals surface area contributed by atoms with Gasteiger partial charge in [-0.05, 0) is 29.5 Å². The van der Waals surface area contributed by atoms with Gasteiger partial charge in [0.2, 0.25) is 5.91 Å². The molecule has 4 rings (SSSR count). The highest BCUT2D eigenvalue weighted by Gasteiger charge is 2.32. The van der Waals surface area contributed by atoms with Gasteiger partial charge in [0, 0.05) is 18.5 Å². The second kappa shape index (κ2) is 7.24. The van der Waals surface area contributed by atoms with Crippen molar-refractivity contribution in [3.63, 3.8) is 0 Å². The Hall–Kier alpha value is -2.39. The highest BCUT2D eigenvalue weighted by Crippen LogP contribution is 2.34. The molecule has 0 spiro atoms. The van der Waals surface area contributed by atoms with E-state index < -0.39 is 0 Å². The zero-order valence-corrected chi connectivity index (χ0v) is 14.4. The van der Waals surface area contributed by atoms with Gasteiger partial charge in [-0.1, -0.05) is 60.7 Å². The lowest BCUT2D eigenvalue weighted by Gasteiger charge is -2.38. The molecule has 0 radical (unpaired) electrons. The van der Waals surface area contributed by atoms with Crippen molar-refractivity contribution < 1.29 is 9.53 Å². The first kappa shape index (κ1) is 16.1. The molecule has 2 aromatic rings. The smallest absolute Gasteiger partial charge is 0.250 e. The fourth-order valence-corrected chi connectivity index (χ4v) is 3.86. The predicted octanol–water partition coefficient (Wildman–Crippen LogP) is 3.70. The van der Waals surface area contributed by atoms with Gasteiger partial charge in [0.15, 0.2) is 0 Å². The number of carbonyl (C=O) groups excluding carboxylic acids is 1. The van der Waals surface area contributed by atoms with E-state index in [0.29, 0.717) is 13.2 Å². The first-order chi connectivity index (χ1) is 12.3. The van der Waals surface area contributed by atoms with Gasteiger partial charge < -0.3 is 9.64 Å². The van der Waals surface area contributed by atoms with Gasteiger partial charge >= 0.3 is 0 Å². The number of hydrogen-bond acceptors (Lipinski definition) is 2. The first-order valence-electron chi connectivity index (χ1n) is 9.02. The summed E-state index contributed by atoms with van der Waals surface area (Å²) in [4.78, 5) is 15.2. The summed E-state index contributed by atoms with van der Waals surface area (Å²) in [6.07, 6.45) is 4.45. The molecule has 2 aliphatic heterocycles. The maximum absolute atomic E-state index is 13.2. The van der Waals surface area contributed by atoms with Crippen LogP contribution in [-0.2, 0) is 22.4 Å². The Kier molecular flexibility index (Phi) is 4.66. The number of carbonyl (C=O) groups is 1. The second-order valence-corrected chi connectivity index (χ2v) is 6.71. The Morgan fingerprint density at radius 1 is 1.04 bits per heavy atom. The molecule has 3 heteroatoms. The highest BCUT2D eigenvalue weighted by atomic mass is 16.5. The van der Waals surface area contributed by atoms with Crippen molar-refractivity contribution in [2.45, 2.75) is 25.3 Å². The van der Waals surface area contributed by atoms with E-state index in [1.54, 1.807) is 0 Å². The van der Waals surface area contributed by atoms with Crippen LogP contribution in [0, 0.1) is 0 Å². The molecule has 0 saturated heterocycles. The number of amides is 1. The van der Waals surface area contributed by atoms with Crippen molar-refractivity contribution in [3.05, 3.63) is 82.9 Å². The summed E-state index contributed by atoms with van der Waals surface area (Å²) in [6, 6.07) is 19.1. The van der Waals surface area contributed by atoms with E-state index in [1.165, 1.54) is 16.7 Å². The highest BCUT2D eigenvalue weighted by molar-refractivity contribution is 5.94. The maximum atomic E-state index is 13.2. The molecule has 0 bridgehead atoms. The molecule has 0 aromatic heterocycles. The molecular weight excluding hydrogens is 310 g/mol. The summed E-state index contributed by atoms with van der Waals surface area (Å²) in [5.41, 5.74) is 4.83. The average Bonchev–Trinajstić information content (AvgIpc) is 2.69. The van der Waals surface area contributed by atoms with Crippen molar-refractivity contribution in [1.29, 1.82) is 0 Å². The third-order valence-corrected chi connectivity index (χ3v) is 5.18. The molecule has 1 atom stereocenters. The zero-order valence-electron chi connectivity index (χ0n) is 14.4. The summed E-state index contributed by atoms with van der Waals surface area (Å²) in [5, 5.41) is 0. The summed E-state index contributed by atoms with van der Waals surface area (Å²) < 4.78 is 5.37. The van der Waals surface area contributed by atoms with E-state index in [4.69, 9.17) is 4.74 Å². The SMILES string of the molecule is O=C(C1=CCOCC1)N1CCc2ccccc2[C@H]1Cc1ccccc1. The maximum Gasteiger partial charge on any atom is 0.250 e. The molecule has 25 heavy (non-hydrogen) atoms. The van der Waals surface area contributed by atoms with Gasteiger partial charge in [0.05, 0.1) is 19.3 Å². The first-order valence-corrected chi connectivity index (χ1v) is 9.02. The van der Waals surface area contributed by atoms with Crippen LogP contribution in [0.4, 0.5) is 0 Å². The Balaban J connectivity index is 1.67. The number of fused-ring (bicyclic) bond motifs is 1. The van der Waals surface area contributed by atoms with Gasteiger partial charge in [-0.15, -0.1) is 0 Å². The topological polar surface area (TPSA) is 29.5 Å². The van der Waals surface area contributed by atoms with Crippen LogP contribution in [0.3, 0.4) is 0 Å². The fourth-order valence-electron chi connectivity index (χ4n) is 3.86. The third-order valence-electron chi connectivity index (χ3n) is 5.18. The molecule has 128 valence electrons. The molecule has 1 amide bonds. The monoisotopic (exact) mass is 333 g/mol. The van der Waals surface area contributed by atoms with Gasteiger partial charge in [-0.3, -0.25) is 4.79 Å². The van der Waals surface area contributed by atoms with Gasteiger partial charge in [0.1, 0.15) is 0 Å². The summed E-state index contributed by atoms with van der Waals surface area (Å²) >= 11 is 0. The third kappa shape index (κ3) is 3.38. The molecule has 2 aliphatic rings. The Morgan fingerprint density at radius 3 is 2.64 bits per heavy atom. The Morgan fingerprint density at radius 2 is 1.84 bits per heavy atom. The van der Waals surface area contributed by atoms with Crippen LogP contribution in [0.15, 0.2) is 66.2 Å². The Bertz CT molecular complexity index is 782. The number of rotatable bonds is 3. The molecule has 0 aliphatic carbocycles. The fraction of sp³-hybridized carbons (Fsp3) is 0.318. The standard InChI is InChI=1S/C22H23NO2/c24-22(19-11-14-25-15-12-19)23-13-10-18-8-4-5-9-20(18)21(23)16-17-6-2-1-3-7-17/h1-9,11,21H,10,12-16H2/t21-/m1/s1. The van der Waals surface area contributed by atoms with Gasteiger partial charge in [-0.25, -0.2) is 0 Å². The lowest BCUT2D eigenvalue weighted by atomic mass is 9.88. The van der Waals surface area contributed by atoms with E-state index in [2.05, 4.69) is 53.4 Å². The predicted molar refractivity (Wildman–Crippen MR) is 98.3 cm³/mol. The quantitative estimate of drug-likeness (QED) is 0.857. The van der Waals surface area contributed by atoms with Crippen LogP contribution in [-0.4, -0.2) is 30.6 Å². The van der Waals surface area contributed by atoms with Crippen LogP contribution in [0.1, 0.15) is 29.2 Å². The van der Waals surface area contributed by atoms with Crippen molar-refractivity contribution in [1.82, 2.24) is 4.90 Å². The number of hydrogen-bond donors (Lipinski definition) is 0. The average molecular weight is 333 g/mol. The normalized spacial score (nSPS) is 19.9. The van der Waals surface area contributed by atoms with Crippen LogP contribution < -0.4 is 0 Å². The molecule has 3 nitrogen and oxygen atoms in total. The minimum Gasteiger partial charge on any atom is -0.377 e.